The lowest BCUT2D eigenvalue weighted by molar-refractivity contribution is 0.218. The van der Waals surface area contributed by atoms with E-state index in [-0.39, 0.29) is 0 Å². The maximum Gasteiger partial charge on any atom is 0.117 e. The van der Waals surface area contributed by atoms with E-state index in [1.54, 1.807) is 0 Å². The normalized spacial score (nSPS) is 23.5. The first-order valence-corrected chi connectivity index (χ1v) is 8.97. The first-order valence-electron chi connectivity index (χ1n) is 8.05. The predicted molar refractivity (Wildman–Crippen MR) is 90.7 cm³/mol. The highest BCUT2D eigenvalue weighted by atomic mass is 79.9. The number of aliphatic hydroxyl groups is 1. The lowest BCUT2D eigenvalue weighted by Gasteiger charge is -2.23. The zero-order valence-electron chi connectivity index (χ0n) is 12.4. The third-order valence-corrected chi connectivity index (χ3v) is 6.17. The molecule has 0 radical (unpaired) electrons. The van der Waals surface area contributed by atoms with Gasteiger partial charge in [-0.05, 0) is 61.1 Å². The van der Waals surface area contributed by atoms with Gasteiger partial charge in [0.1, 0.15) is 11.0 Å². The fraction of sp³-hybridized carbons (Fsp3) is 0.529. The number of aromatic nitrogens is 3. The van der Waals surface area contributed by atoms with Gasteiger partial charge in [-0.2, -0.15) is 15.4 Å². The molecule has 22 heavy (non-hydrogen) atoms. The van der Waals surface area contributed by atoms with Gasteiger partial charge in [0.25, 0.3) is 0 Å². The number of H-pyrrole nitrogens is 1. The number of halogens is 1. The molecule has 1 aromatic heterocycles. The number of aliphatic hydroxyl groups excluding tert-OH is 1. The van der Waals surface area contributed by atoms with Crippen LogP contribution in [0.1, 0.15) is 48.1 Å². The summed E-state index contributed by atoms with van der Waals surface area (Å²) in [6.07, 6.45) is 7.95. The highest BCUT2D eigenvalue weighted by Crippen LogP contribution is 2.50. The number of rotatable bonds is 4. The van der Waals surface area contributed by atoms with Gasteiger partial charge in [0, 0.05) is 17.0 Å². The molecule has 2 N–H and O–H groups in total. The van der Waals surface area contributed by atoms with Crippen LogP contribution < -0.4 is 0 Å². The number of allylic oxidation sites excluding steroid dienone is 2. The van der Waals surface area contributed by atoms with Crippen LogP contribution in [0.5, 0.6) is 0 Å². The fourth-order valence-electron chi connectivity index (χ4n) is 3.42. The smallest absolute Gasteiger partial charge is 0.117 e. The quantitative estimate of drug-likeness (QED) is 0.809. The molecular formula is C17H20BrN3O. The van der Waals surface area contributed by atoms with Gasteiger partial charge in [0.15, 0.2) is 0 Å². The zero-order chi connectivity index (χ0) is 15.1. The van der Waals surface area contributed by atoms with Gasteiger partial charge in [0.05, 0.1) is 0 Å². The molecule has 0 saturated heterocycles. The molecule has 0 aliphatic heterocycles. The van der Waals surface area contributed by atoms with E-state index >= 15 is 0 Å². The van der Waals surface area contributed by atoms with Crippen molar-refractivity contribution in [2.75, 3.05) is 6.61 Å². The summed E-state index contributed by atoms with van der Waals surface area (Å²) in [5.74, 6) is 1.14. The molecule has 1 aromatic carbocycles. The SMILES string of the molecule is OCC1CC=C(c2ccc3n[nH]nc3c2C(Br)C2CC2)CC1. The van der Waals surface area contributed by atoms with Crippen LogP contribution in [0.4, 0.5) is 0 Å². The van der Waals surface area contributed by atoms with Crippen molar-refractivity contribution in [2.24, 2.45) is 11.8 Å². The van der Waals surface area contributed by atoms with E-state index in [4.69, 9.17) is 0 Å². The van der Waals surface area contributed by atoms with E-state index < -0.39 is 0 Å². The molecule has 4 nitrogen and oxygen atoms in total. The van der Waals surface area contributed by atoms with Gasteiger partial charge in [-0.15, -0.1) is 0 Å². The summed E-state index contributed by atoms with van der Waals surface area (Å²) in [5, 5.41) is 20.7. The number of nitrogens with zero attached hydrogens (tertiary/aromatic N) is 2. The van der Waals surface area contributed by atoms with E-state index in [1.165, 1.54) is 29.5 Å². The summed E-state index contributed by atoms with van der Waals surface area (Å²) in [7, 11) is 0. The average Bonchev–Trinajstić information content (AvgIpc) is 3.31. The van der Waals surface area contributed by atoms with Crippen molar-refractivity contribution in [1.82, 2.24) is 15.4 Å². The molecule has 5 heteroatoms. The van der Waals surface area contributed by atoms with E-state index in [2.05, 4.69) is 49.5 Å². The number of alkyl halides is 1. The van der Waals surface area contributed by atoms with Crippen LogP contribution in [0.25, 0.3) is 16.6 Å². The second kappa shape index (κ2) is 5.78. The van der Waals surface area contributed by atoms with Gasteiger partial charge in [-0.25, -0.2) is 0 Å². The van der Waals surface area contributed by atoms with Crippen molar-refractivity contribution < 1.29 is 5.11 Å². The summed E-state index contributed by atoms with van der Waals surface area (Å²) in [5.41, 5.74) is 5.94. The molecule has 1 saturated carbocycles. The number of nitrogens with one attached hydrogen (secondary N) is 1. The standard InChI is InChI=1S/C17H20BrN3O/c18-16(12-5-6-12)15-13(7-8-14-17(15)20-21-19-14)11-3-1-10(9-22)2-4-11/h3,7-8,10,12,16,22H,1-2,4-6,9H2,(H,19,20,21). The Labute approximate surface area is 138 Å². The molecule has 0 bridgehead atoms. The molecule has 0 spiro atoms. The fourth-order valence-corrected chi connectivity index (χ4v) is 4.41. The number of fused-ring (bicyclic) bond motifs is 1. The lowest BCUT2D eigenvalue weighted by Crippen LogP contribution is -2.10. The van der Waals surface area contributed by atoms with Crippen LogP contribution in [-0.2, 0) is 0 Å². The topological polar surface area (TPSA) is 61.8 Å². The Morgan fingerprint density at radius 2 is 2.14 bits per heavy atom. The van der Waals surface area contributed by atoms with Crippen molar-refractivity contribution in [3.8, 4) is 0 Å². The molecule has 116 valence electrons. The molecule has 4 rings (SSSR count). The minimum absolute atomic E-state index is 0.294. The summed E-state index contributed by atoms with van der Waals surface area (Å²) in [6, 6.07) is 4.26. The van der Waals surface area contributed by atoms with Crippen LogP contribution in [0.2, 0.25) is 0 Å². The Bertz CT molecular complexity index is 720. The van der Waals surface area contributed by atoms with Crippen LogP contribution >= 0.6 is 15.9 Å². The van der Waals surface area contributed by atoms with Crippen molar-refractivity contribution in [3.63, 3.8) is 0 Å². The van der Waals surface area contributed by atoms with E-state index in [0.717, 1.165) is 36.2 Å². The van der Waals surface area contributed by atoms with Crippen LogP contribution in [0.15, 0.2) is 18.2 Å². The average molecular weight is 362 g/mol. The van der Waals surface area contributed by atoms with Crippen molar-refractivity contribution >= 4 is 32.5 Å². The lowest BCUT2D eigenvalue weighted by atomic mass is 9.84. The van der Waals surface area contributed by atoms with Gasteiger partial charge in [-0.3, -0.25) is 0 Å². The zero-order valence-corrected chi connectivity index (χ0v) is 14.0. The van der Waals surface area contributed by atoms with Crippen LogP contribution in [0, 0.1) is 11.8 Å². The monoisotopic (exact) mass is 361 g/mol. The molecular weight excluding hydrogens is 342 g/mol. The highest BCUT2D eigenvalue weighted by Gasteiger charge is 2.34. The summed E-state index contributed by atoms with van der Waals surface area (Å²) >= 11 is 3.91. The van der Waals surface area contributed by atoms with Crippen molar-refractivity contribution in [1.29, 1.82) is 0 Å². The number of hydrogen-bond acceptors (Lipinski definition) is 3. The van der Waals surface area contributed by atoms with Gasteiger partial charge < -0.3 is 5.11 Å². The second-order valence-corrected chi connectivity index (χ2v) is 7.50. The predicted octanol–water partition coefficient (Wildman–Crippen LogP) is 3.98. The minimum Gasteiger partial charge on any atom is -0.396 e. The van der Waals surface area contributed by atoms with Gasteiger partial charge in [-0.1, -0.05) is 28.1 Å². The first kappa shape index (κ1) is 14.4. The van der Waals surface area contributed by atoms with Gasteiger partial charge >= 0.3 is 0 Å². The Balaban J connectivity index is 1.79. The summed E-state index contributed by atoms with van der Waals surface area (Å²) < 4.78 is 0. The molecule has 0 amide bonds. The number of aromatic amines is 1. The Morgan fingerprint density at radius 1 is 1.27 bits per heavy atom. The number of hydrogen-bond donors (Lipinski definition) is 2. The molecule has 2 atom stereocenters. The summed E-state index contributed by atoms with van der Waals surface area (Å²) in [6.45, 7) is 0.294. The molecule has 2 aliphatic carbocycles. The first-order chi connectivity index (χ1) is 10.8. The maximum absolute atomic E-state index is 9.33. The van der Waals surface area contributed by atoms with E-state index in [1.807, 2.05) is 0 Å². The highest BCUT2D eigenvalue weighted by molar-refractivity contribution is 9.09. The number of benzene rings is 1. The summed E-state index contributed by atoms with van der Waals surface area (Å²) in [4.78, 5) is 0.354. The van der Waals surface area contributed by atoms with E-state index in [9.17, 15) is 5.11 Å². The Hall–Kier alpha value is -1.20. The van der Waals surface area contributed by atoms with Crippen LogP contribution in [0.3, 0.4) is 0 Å². The molecule has 2 aliphatic rings. The minimum atomic E-state index is 0.294. The van der Waals surface area contributed by atoms with Gasteiger partial charge in [0.2, 0.25) is 0 Å². The Kier molecular flexibility index (Phi) is 3.78. The third kappa shape index (κ3) is 2.50. The Morgan fingerprint density at radius 3 is 2.82 bits per heavy atom. The van der Waals surface area contributed by atoms with Crippen molar-refractivity contribution in [3.05, 3.63) is 29.3 Å². The maximum atomic E-state index is 9.33. The van der Waals surface area contributed by atoms with Crippen molar-refractivity contribution in [2.45, 2.75) is 36.9 Å². The molecule has 2 aromatic rings. The molecule has 2 unspecified atom stereocenters. The third-order valence-electron chi connectivity index (χ3n) is 4.96. The second-order valence-electron chi connectivity index (χ2n) is 6.51. The molecule has 1 fully saturated rings. The largest absolute Gasteiger partial charge is 0.396 e. The van der Waals surface area contributed by atoms with E-state index in [0.29, 0.717) is 17.4 Å². The van der Waals surface area contributed by atoms with Crippen LogP contribution in [-0.4, -0.2) is 27.1 Å². The molecule has 1 heterocycles.